The van der Waals surface area contributed by atoms with E-state index in [0.29, 0.717) is 19.6 Å². The summed E-state index contributed by atoms with van der Waals surface area (Å²) in [6.07, 6.45) is 0.275. The molecule has 4 nitrogen and oxygen atoms in total. The fourth-order valence-electron chi connectivity index (χ4n) is 0.884. The highest BCUT2D eigenvalue weighted by atomic mass is 16.7. The average Bonchev–Trinajstić information content (AvgIpc) is 2.07. The Bertz CT molecular complexity index is 138. The molecular formula is C7H12N2O2. The van der Waals surface area contributed by atoms with Crippen LogP contribution in [-0.4, -0.2) is 32.6 Å². The lowest BCUT2D eigenvalue weighted by Crippen LogP contribution is -2.40. The Hall–Kier alpha value is -0.630. The molecular weight excluding hydrogens is 144 g/mol. The number of ether oxygens (including phenoxy) is 2. The molecule has 0 amide bonds. The summed E-state index contributed by atoms with van der Waals surface area (Å²) >= 11 is 0. The van der Waals surface area contributed by atoms with E-state index in [9.17, 15) is 0 Å². The predicted octanol–water partition coefficient (Wildman–Crippen LogP) is -0.137. The van der Waals surface area contributed by atoms with Crippen molar-refractivity contribution in [1.82, 2.24) is 5.32 Å². The van der Waals surface area contributed by atoms with Crippen LogP contribution >= 0.6 is 0 Å². The van der Waals surface area contributed by atoms with Gasteiger partial charge in [0.15, 0.2) is 6.29 Å². The number of nitriles is 1. The first-order chi connectivity index (χ1) is 5.43. The third kappa shape index (κ3) is 3.33. The van der Waals surface area contributed by atoms with Crippen LogP contribution in [0.15, 0.2) is 0 Å². The Kier molecular flexibility index (Phi) is 3.91. The van der Waals surface area contributed by atoms with Crippen LogP contribution in [0.1, 0.15) is 6.42 Å². The van der Waals surface area contributed by atoms with Crippen LogP contribution in [0.2, 0.25) is 0 Å². The van der Waals surface area contributed by atoms with Crippen molar-refractivity contribution < 1.29 is 9.47 Å². The van der Waals surface area contributed by atoms with Gasteiger partial charge in [-0.05, 0) is 0 Å². The highest BCUT2D eigenvalue weighted by Gasteiger charge is 2.12. The smallest absolute Gasteiger partial charge is 0.169 e. The maximum Gasteiger partial charge on any atom is 0.169 e. The second-order valence-electron chi connectivity index (χ2n) is 2.28. The number of morpholine rings is 1. The summed E-state index contributed by atoms with van der Waals surface area (Å²) in [5.41, 5.74) is 0. The fourth-order valence-corrected chi connectivity index (χ4v) is 0.884. The molecule has 4 heteroatoms. The third-order valence-corrected chi connectivity index (χ3v) is 1.41. The molecule has 0 aliphatic carbocycles. The molecule has 1 N–H and O–H groups in total. The molecule has 1 heterocycles. The molecule has 1 unspecified atom stereocenters. The molecule has 1 saturated heterocycles. The SMILES string of the molecule is N#CCCOC1CNCCO1. The molecule has 0 aromatic rings. The summed E-state index contributed by atoms with van der Waals surface area (Å²) in [7, 11) is 0. The topological polar surface area (TPSA) is 54.3 Å². The monoisotopic (exact) mass is 156 g/mol. The summed E-state index contributed by atoms with van der Waals surface area (Å²) in [6, 6.07) is 2.01. The first kappa shape index (κ1) is 8.47. The van der Waals surface area contributed by atoms with E-state index in [0.717, 1.165) is 13.1 Å². The van der Waals surface area contributed by atoms with E-state index in [-0.39, 0.29) is 6.29 Å². The minimum atomic E-state index is -0.155. The second-order valence-corrected chi connectivity index (χ2v) is 2.28. The molecule has 1 fully saturated rings. The molecule has 1 aliphatic rings. The summed E-state index contributed by atoms with van der Waals surface area (Å²) in [5.74, 6) is 0. The summed E-state index contributed by atoms with van der Waals surface area (Å²) < 4.78 is 10.4. The summed E-state index contributed by atoms with van der Waals surface area (Å²) in [5, 5.41) is 11.3. The standard InChI is InChI=1S/C7H12N2O2/c8-2-1-4-10-7-6-9-3-5-11-7/h7,9H,1,3-6H2. The van der Waals surface area contributed by atoms with Gasteiger partial charge >= 0.3 is 0 Å². The molecule has 0 bridgehead atoms. The third-order valence-electron chi connectivity index (χ3n) is 1.41. The Balaban J connectivity index is 2.01. The molecule has 0 radical (unpaired) electrons. The van der Waals surface area contributed by atoms with Crippen molar-refractivity contribution in [3.8, 4) is 6.07 Å². The van der Waals surface area contributed by atoms with Crippen LogP contribution in [0.4, 0.5) is 0 Å². The van der Waals surface area contributed by atoms with Crippen molar-refractivity contribution in [3.05, 3.63) is 0 Å². The van der Waals surface area contributed by atoms with Crippen molar-refractivity contribution in [1.29, 1.82) is 5.26 Å². The van der Waals surface area contributed by atoms with Gasteiger partial charge in [-0.15, -0.1) is 0 Å². The number of hydrogen-bond donors (Lipinski definition) is 1. The van der Waals surface area contributed by atoms with Crippen LogP contribution in [0.3, 0.4) is 0 Å². The van der Waals surface area contributed by atoms with Crippen molar-refractivity contribution in [3.63, 3.8) is 0 Å². The maximum atomic E-state index is 8.21. The first-order valence-corrected chi connectivity index (χ1v) is 3.74. The van der Waals surface area contributed by atoms with E-state index in [1.165, 1.54) is 0 Å². The van der Waals surface area contributed by atoms with Gasteiger partial charge in [-0.1, -0.05) is 0 Å². The zero-order valence-electron chi connectivity index (χ0n) is 6.38. The number of hydrogen-bond acceptors (Lipinski definition) is 4. The van der Waals surface area contributed by atoms with Gasteiger partial charge in [0.2, 0.25) is 0 Å². The van der Waals surface area contributed by atoms with E-state index in [2.05, 4.69) is 5.32 Å². The van der Waals surface area contributed by atoms with E-state index in [1.807, 2.05) is 6.07 Å². The quantitative estimate of drug-likeness (QED) is 0.578. The van der Waals surface area contributed by atoms with Gasteiger partial charge in [0.05, 0.1) is 25.7 Å². The van der Waals surface area contributed by atoms with Gasteiger partial charge in [-0.25, -0.2) is 0 Å². The van der Waals surface area contributed by atoms with Crippen LogP contribution in [0.25, 0.3) is 0 Å². The number of rotatable bonds is 3. The van der Waals surface area contributed by atoms with Gasteiger partial charge in [0.1, 0.15) is 0 Å². The lowest BCUT2D eigenvalue weighted by molar-refractivity contribution is -0.151. The van der Waals surface area contributed by atoms with Gasteiger partial charge in [0, 0.05) is 13.1 Å². The van der Waals surface area contributed by atoms with Crippen molar-refractivity contribution in [2.24, 2.45) is 0 Å². The van der Waals surface area contributed by atoms with E-state index < -0.39 is 0 Å². The van der Waals surface area contributed by atoms with Gasteiger partial charge in [-0.3, -0.25) is 0 Å². The van der Waals surface area contributed by atoms with Gasteiger partial charge < -0.3 is 14.8 Å². The predicted molar refractivity (Wildman–Crippen MR) is 38.8 cm³/mol. The van der Waals surface area contributed by atoms with Crippen molar-refractivity contribution >= 4 is 0 Å². The van der Waals surface area contributed by atoms with Crippen LogP contribution in [0, 0.1) is 11.3 Å². The van der Waals surface area contributed by atoms with E-state index in [1.54, 1.807) is 0 Å². The van der Waals surface area contributed by atoms with E-state index in [4.69, 9.17) is 14.7 Å². The molecule has 0 saturated carbocycles. The number of nitrogens with one attached hydrogen (secondary N) is 1. The van der Waals surface area contributed by atoms with Crippen molar-refractivity contribution in [2.45, 2.75) is 12.7 Å². The molecule has 0 spiro atoms. The zero-order valence-corrected chi connectivity index (χ0v) is 6.38. The minimum absolute atomic E-state index is 0.155. The molecule has 0 aromatic carbocycles. The zero-order chi connectivity index (χ0) is 7.94. The largest absolute Gasteiger partial charge is 0.350 e. The molecule has 1 aliphatic heterocycles. The van der Waals surface area contributed by atoms with Crippen LogP contribution < -0.4 is 5.32 Å². The fraction of sp³-hybridized carbons (Fsp3) is 0.857. The van der Waals surface area contributed by atoms with Crippen LogP contribution in [-0.2, 0) is 9.47 Å². The highest BCUT2D eigenvalue weighted by Crippen LogP contribution is 1.97. The molecule has 11 heavy (non-hydrogen) atoms. The van der Waals surface area contributed by atoms with Crippen molar-refractivity contribution in [2.75, 3.05) is 26.3 Å². The summed E-state index contributed by atoms with van der Waals surface area (Å²) in [4.78, 5) is 0. The lowest BCUT2D eigenvalue weighted by Gasteiger charge is -2.23. The van der Waals surface area contributed by atoms with E-state index >= 15 is 0 Å². The summed E-state index contributed by atoms with van der Waals surface area (Å²) in [6.45, 7) is 2.77. The van der Waals surface area contributed by atoms with Gasteiger partial charge in [0.25, 0.3) is 0 Å². The Labute approximate surface area is 66.1 Å². The number of nitrogens with zero attached hydrogens (tertiary/aromatic N) is 1. The molecule has 1 rings (SSSR count). The van der Waals surface area contributed by atoms with Gasteiger partial charge in [-0.2, -0.15) is 5.26 Å². The lowest BCUT2D eigenvalue weighted by atomic mass is 10.5. The Morgan fingerprint density at radius 2 is 2.64 bits per heavy atom. The maximum absolute atomic E-state index is 8.21. The minimum Gasteiger partial charge on any atom is -0.350 e. The highest BCUT2D eigenvalue weighted by molar-refractivity contribution is 4.68. The molecule has 0 aromatic heterocycles. The molecule has 62 valence electrons. The second kappa shape index (κ2) is 5.08. The first-order valence-electron chi connectivity index (χ1n) is 3.74. The Morgan fingerprint density at radius 1 is 1.73 bits per heavy atom. The Morgan fingerprint density at radius 3 is 3.27 bits per heavy atom. The van der Waals surface area contributed by atoms with Crippen LogP contribution in [0.5, 0.6) is 0 Å². The average molecular weight is 156 g/mol. The molecule has 1 atom stereocenters. The normalized spacial score (nSPS) is 24.5.